The van der Waals surface area contributed by atoms with Crippen molar-refractivity contribution in [3.8, 4) is 0 Å². The molecule has 9 heteroatoms. The second kappa shape index (κ2) is 48.2. The number of likely N-dealkylation sites (N-methyl/N-ethyl adjacent to an activating group) is 1. The molecule has 0 fully saturated rings. The molecule has 8 nitrogen and oxygen atoms in total. The van der Waals surface area contributed by atoms with Crippen LogP contribution >= 0.6 is 7.82 Å². The van der Waals surface area contributed by atoms with Crippen LogP contribution in [0.1, 0.15) is 245 Å². The first-order valence-corrected chi connectivity index (χ1v) is 29.2. The third kappa shape index (κ3) is 50.1. The fraction of sp³-hybridized carbons (Fsp3) is 0.807. The number of allylic oxidation sites excluding steroid dienone is 9. The topological polar surface area (TPSA) is 105 Å². The van der Waals surface area contributed by atoms with E-state index in [4.69, 9.17) is 9.05 Å². The SMILES string of the molecule is CCCCC/C=C/CC/C=C/C(O)C(COP(=O)(O)OCC[N+](C)(C)C)NC(=O)CCCCCCCCCCCCCCCCCCCCCC/C=C\C/C=C\C/C=C\CCCCCCC. The van der Waals surface area contributed by atoms with Gasteiger partial charge in [-0.2, -0.15) is 0 Å². The quantitative estimate of drug-likeness (QED) is 0.0243. The van der Waals surface area contributed by atoms with Crippen LogP contribution in [-0.4, -0.2) is 73.4 Å². The Morgan fingerprint density at radius 2 is 0.879 bits per heavy atom. The van der Waals surface area contributed by atoms with Crippen LogP contribution in [-0.2, 0) is 18.4 Å². The molecule has 0 bridgehead atoms. The normalized spacial score (nSPS) is 14.5. The maximum atomic E-state index is 12.9. The third-order valence-corrected chi connectivity index (χ3v) is 13.2. The summed E-state index contributed by atoms with van der Waals surface area (Å²) in [6.07, 6.45) is 65.0. The summed E-state index contributed by atoms with van der Waals surface area (Å²) in [6, 6.07) is -0.861. The van der Waals surface area contributed by atoms with E-state index >= 15 is 0 Å². The monoisotopic (exact) mass is 948 g/mol. The third-order valence-electron chi connectivity index (χ3n) is 12.2. The highest BCUT2D eigenvalue weighted by Crippen LogP contribution is 2.43. The number of nitrogens with one attached hydrogen (secondary N) is 1. The molecule has 1 amide bonds. The van der Waals surface area contributed by atoms with Crippen LogP contribution in [0.2, 0.25) is 0 Å². The van der Waals surface area contributed by atoms with Crippen LogP contribution in [0, 0.1) is 0 Å². The summed E-state index contributed by atoms with van der Waals surface area (Å²) in [7, 11) is 1.55. The molecule has 0 aromatic heterocycles. The highest BCUT2D eigenvalue weighted by atomic mass is 31.2. The standard InChI is InChI=1S/C57H107N2O6P/c1-6-8-10-12-14-16-17-18-19-20-21-22-23-24-25-26-27-28-29-30-31-32-33-34-35-36-37-38-39-40-41-43-45-47-49-51-57(61)58-55(54-65-66(62,63)64-53-52-59(3,4)5)56(60)50-48-46-44-42-15-13-11-9-7-2/h15,17-18,20-21,23-24,42,48,50,55-56,60H,6-14,16,19,22,25-41,43-47,49,51-54H2,1-5H3,(H-,58,61,62,63)/p+1/b18-17-,21-20-,24-23-,42-15+,50-48+. The largest absolute Gasteiger partial charge is 0.472 e. The molecule has 0 aliphatic carbocycles. The molecule has 0 rings (SSSR count). The van der Waals surface area contributed by atoms with Gasteiger partial charge < -0.3 is 19.8 Å². The number of quaternary nitrogens is 1. The van der Waals surface area contributed by atoms with Gasteiger partial charge in [-0.15, -0.1) is 0 Å². The second-order valence-corrected chi connectivity index (χ2v) is 21.4. The van der Waals surface area contributed by atoms with Crippen LogP contribution in [0.5, 0.6) is 0 Å². The zero-order valence-corrected chi connectivity index (χ0v) is 44.8. The van der Waals surface area contributed by atoms with Gasteiger partial charge >= 0.3 is 7.82 Å². The molecule has 0 aliphatic heterocycles. The average Bonchev–Trinajstić information content (AvgIpc) is 3.28. The molecule has 0 spiro atoms. The highest BCUT2D eigenvalue weighted by molar-refractivity contribution is 7.47. The molecule has 3 N–H and O–H groups in total. The van der Waals surface area contributed by atoms with Crippen LogP contribution in [0.4, 0.5) is 0 Å². The maximum absolute atomic E-state index is 12.9. The van der Waals surface area contributed by atoms with Crippen LogP contribution < -0.4 is 5.32 Å². The number of hydrogen-bond acceptors (Lipinski definition) is 5. The van der Waals surface area contributed by atoms with Crippen molar-refractivity contribution in [3.05, 3.63) is 60.8 Å². The number of nitrogens with zero attached hydrogens (tertiary/aromatic N) is 1. The summed E-state index contributed by atoms with van der Waals surface area (Å²) < 4.78 is 23.5. The van der Waals surface area contributed by atoms with E-state index in [1.807, 2.05) is 27.2 Å². The Morgan fingerprint density at radius 3 is 1.35 bits per heavy atom. The van der Waals surface area contributed by atoms with E-state index in [-0.39, 0.29) is 19.1 Å². The number of phosphoric ester groups is 1. The lowest BCUT2D eigenvalue weighted by Crippen LogP contribution is -2.45. The smallest absolute Gasteiger partial charge is 0.387 e. The number of rotatable bonds is 50. The predicted molar refractivity (Wildman–Crippen MR) is 286 cm³/mol. The molecule has 0 heterocycles. The van der Waals surface area contributed by atoms with E-state index in [0.29, 0.717) is 17.4 Å². The lowest BCUT2D eigenvalue weighted by molar-refractivity contribution is -0.870. The first kappa shape index (κ1) is 64.2. The van der Waals surface area contributed by atoms with Crippen molar-refractivity contribution in [2.45, 2.75) is 257 Å². The number of amides is 1. The Hall–Kier alpha value is -1.80. The Kier molecular flexibility index (Phi) is 46.9. The number of hydrogen-bond donors (Lipinski definition) is 3. The van der Waals surface area contributed by atoms with Gasteiger partial charge in [0, 0.05) is 6.42 Å². The molecular formula is C57H108N2O6P+. The zero-order chi connectivity index (χ0) is 48.5. The minimum Gasteiger partial charge on any atom is -0.387 e. The first-order valence-electron chi connectivity index (χ1n) is 27.7. The fourth-order valence-corrected chi connectivity index (χ4v) is 8.57. The summed E-state index contributed by atoms with van der Waals surface area (Å²) in [6.45, 7) is 4.73. The van der Waals surface area contributed by atoms with Crippen LogP contribution in [0.3, 0.4) is 0 Å². The number of aliphatic hydroxyl groups excluding tert-OH is 1. The molecule has 0 aromatic carbocycles. The average molecular weight is 948 g/mol. The van der Waals surface area contributed by atoms with Crippen LogP contribution in [0.25, 0.3) is 0 Å². The summed E-state index contributed by atoms with van der Waals surface area (Å²) >= 11 is 0. The summed E-state index contributed by atoms with van der Waals surface area (Å²) in [5, 5.41) is 13.8. The molecule has 3 unspecified atom stereocenters. The van der Waals surface area contributed by atoms with Crippen molar-refractivity contribution in [3.63, 3.8) is 0 Å². The Balaban J connectivity index is 3.91. The van der Waals surface area contributed by atoms with Gasteiger partial charge in [0.25, 0.3) is 0 Å². The van der Waals surface area contributed by atoms with Crippen molar-refractivity contribution in [1.29, 1.82) is 0 Å². The molecule has 0 radical (unpaired) electrons. The fourth-order valence-electron chi connectivity index (χ4n) is 7.83. The Bertz CT molecular complexity index is 1260. The van der Waals surface area contributed by atoms with Gasteiger partial charge in [0.05, 0.1) is 39.9 Å². The molecular weight excluding hydrogens is 840 g/mol. The molecule has 0 saturated heterocycles. The number of carbonyl (C=O) groups is 1. The van der Waals surface area contributed by atoms with Gasteiger partial charge in [-0.1, -0.05) is 229 Å². The minimum absolute atomic E-state index is 0.0554. The van der Waals surface area contributed by atoms with Crippen molar-refractivity contribution in [1.82, 2.24) is 5.32 Å². The minimum atomic E-state index is -4.34. The maximum Gasteiger partial charge on any atom is 0.472 e. The molecule has 0 saturated carbocycles. The van der Waals surface area contributed by atoms with E-state index < -0.39 is 20.0 Å². The lowest BCUT2D eigenvalue weighted by Gasteiger charge is -2.25. The molecule has 0 aromatic rings. The summed E-state index contributed by atoms with van der Waals surface area (Å²) in [5.74, 6) is -0.188. The van der Waals surface area contributed by atoms with Gasteiger partial charge in [-0.05, 0) is 70.6 Å². The molecule has 66 heavy (non-hydrogen) atoms. The number of unbranched alkanes of at least 4 members (excludes halogenated alkanes) is 29. The molecule has 0 aliphatic rings. The van der Waals surface area contributed by atoms with Crippen LogP contribution in [0.15, 0.2) is 60.8 Å². The number of carbonyl (C=O) groups excluding carboxylic acids is 1. The van der Waals surface area contributed by atoms with Gasteiger partial charge in [0.2, 0.25) is 5.91 Å². The molecule has 386 valence electrons. The van der Waals surface area contributed by atoms with E-state index in [1.165, 1.54) is 173 Å². The first-order chi connectivity index (χ1) is 32.0. The van der Waals surface area contributed by atoms with Crippen molar-refractivity contribution < 1.29 is 32.9 Å². The van der Waals surface area contributed by atoms with Gasteiger partial charge in [-0.25, -0.2) is 4.57 Å². The van der Waals surface area contributed by atoms with E-state index in [2.05, 4.69) is 67.8 Å². The Labute approximate surface area is 409 Å². The van der Waals surface area contributed by atoms with Gasteiger partial charge in [0.1, 0.15) is 13.2 Å². The van der Waals surface area contributed by atoms with E-state index in [1.54, 1.807) is 6.08 Å². The van der Waals surface area contributed by atoms with Gasteiger partial charge in [0.15, 0.2) is 0 Å². The predicted octanol–water partition coefficient (Wildman–Crippen LogP) is 16.5. The number of phosphoric acid groups is 1. The zero-order valence-electron chi connectivity index (χ0n) is 43.9. The van der Waals surface area contributed by atoms with Crippen molar-refractivity contribution in [2.24, 2.45) is 0 Å². The second-order valence-electron chi connectivity index (χ2n) is 19.9. The summed E-state index contributed by atoms with van der Waals surface area (Å²) in [5.41, 5.74) is 0. The Morgan fingerprint density at radius 1 is 0.515 bits per heavy atom. The van der Waals surface area contributed by atoms with Crippen molar-refractivity contribution in [2.75, 3.05) is 40.9 Å². The van der Waals surface area contributed by atoms with E-state index in [0.717, 1.165) is 51.4 Å². The van der Waals surface area contributed by atoms with Crippen molar-refractivity contribution >= 4 is 13.7 Å². The van der Waals surface area contributed by atoms with Gasteiger partial charge in [-0.3, -0.25) is 13.8 Å². The van der Waals surface area contributed by atoms with E-state index in [9.17, 15) is 19.4 Å². The highest BCUT2D eigenvalue weighted by Gasteiger charge is 2.27. The number of aliphatic hydroxyl groups is 1. The summed E-state index contributed by atoms with van der Waals surface area (Å²) in [4.78, 5) is 23.1. The lowest BCUT2D eigenvalue weighted by atomic mass is 10.0. The molecule has 3 atom stereocenters.